The number of hydrogen-bond acceptors (Lipinski definition) is 5. The second-order valence-corrected chi connectivity index (χ2v) is 18.5. The lowest BCUT2D eigenvalue weighted by atomic mass is 10.0. The van der Waals surface area contributed by atoms with E-state index in [1.54, 1.807) is 0 Å². The molecule has 0 bridgehead atoms. The van der Waals surface area contributed by atoms with Crippen LogP contribution in [-0.4, -0.2) is 37.9 Å². The second kappa shape index (κ2) is 56.4. The van der Waals surface area contributed by atoms with E-state index in [1.165, 1.54) is 141 Å². The number of rotatable bonds is 51. The normalized spacial score (nSPS) is 12.8. The van der Waals surface area contributed by atoms with Crippen LogP contribution < -0.4 is 0 Å². The van der Waals surface area contributed by atoms with Crippen molar-refractivity contribution in [3.05, 3.63) is 85.1 Å². The number of hydrogen-bond donors (Lipinski definition) is 0. The van der Waals surface area contributed by atoms with Crippen LogP contribution in [0, 0.1) is 0 Å². The third-order valence-corrected chi connectivity index (χ3v) is 11.9. The number of ether oxygens (including phenoxy) is 3. The van der Waals surface area contributed by atoms with Crippen LogP contribution in [0.15, 0.2) is 85.1 Å². The smallest absolute Gasteiger partial charge is 0.306 e. The minimum absolute atomic E-state index is 0.0627. The van der Waals surface area contributed by atoms with Crippen LogP contribution in [0.3, 0.4) is 0 Å². The maximum atomic E-state index is 12.8. The molecule has 1 atom stereocenters. The van der Waals surface area contributed by atoms with E-state index in [9.17, 15) is 9.59 Å². The van der Waals surface area contributed by atoms with Gasteiger partial charge in [0.15, 0.2) is 6.10 Å². The van der Waals surface area contributed by atoms with Gasteiger partial charge in [0.25, 0.3) is 0 Å². The van der Waals surface area contributed by atoms with Crippen molar-refractivity contribution in [2.45, 2.75) is 271 Å². The Bertz CT molecular complexity index is 1220. The van der Waals surface area contributed by atoms with Crippen molar-refractivity contribution >= 4 is 11.9 Å². The molecule has 66 heavy (non-hydrogen) atoms. The highest BCUT2D eigenvalue weighted by molar-refractivity contribution is 5.70. The van der Waals surface area contributed by atoms with E-state index in [4.69, 9.17) is 14.2 Å². The minimum atomic E-state index is -0.558. The van der Waals surface area contributed by atoms with Gasteiger partial charge in [-0.25, -0.2) is 0 Å². The molecule has 380 valence electrons. The predicted molar refractivity (Wildman–Crippen MR) is 288 cm³/mol. The van der Waals surface area contributed by atoms with E-state index in [1.807, 2.05) is 0 Å². The summed E-state index contributed by atoms with van der Waals surface area (Å²) in [7, 11) is 0. The van der Waals surface area contributed by atoms with Gasteiger partial charge in [0, 0.05) is 19.4 Å². The lowest BCUT2D eigenvalue weighted by Gasteiger charge is -2.18. The van der Waals surface area contributed by atoms with Gasteiger partial charge in [0.2, 0.25) is 0 Å². The Hall–Kier alpha value is -2.92. The van der Waals surface area contributed by atoms with E-state index in [0.717, 1.165) is 89.9 Å². The summed E-state index contributed by atoms with van der Waals surface area (Å²) in [6.07, 6.45) is 74.5. The van der Waals surface area contributed by atoms with Crippen molar-refractivity contribution in [3.63, 3.8) is 0 Å². The molecule has 0 N–H and O–H groups in total. The van der Waals surface area contributed by atoms with Crippen LogP contribution >= 0.6 is 0 Å². The summed E-state index contributed by atoms with van der Waals surface area (Å²) in [5, 5.41) is 0. The summed E-state index contributed by atoms with van der Waals surface area (Å²) in [6.45, 7) is 7.66. The van der Waals surface area contributed by atoms with Crippen LogP contribution in [-0.2, 0) is 23.8 Å². The van der Waals surface area contributed by atoms with Gasteiger partial charge < -0.3 is 14.2 Å². The first kappa shape index (κ1) is 63.1. The lowest BCUT2D eigenvalue weighted by molar-refractivity contribution is -0.163. The largest absolute Gasteiger partial charge is 0.462 e. The fraction of sp³-hybridized carbons (Fsp3) is 0.738. The molecular weight excluding hydrogens is 813 g/mol. The Kier molecular flexibility index (Phi) is 53.9. The van der Waals surface area contributed by atoms with Gasteiger partial charge in [-0.15, -0.1) is 0 Å². The molecule has 0 heterocycles. The third kappa shape index (κ3) is 53.7. The maximum Gasteiger partial charge on any atom is 0.306 e. The van der Waals surface area contributed by atoms with Crippen molar-refractivity contribution in [2.24, 2.45) is 0 Å². The van der Waals surface area contributed by atoms with E-state index >= 15 is 0 Å². The summed E-state index contributed by atoms with van der Waals surface area (Å²) in [5.74, 6) is -0.434. The van der Waals surface area contributed by atoms with Crippen molar-refractivity contribution in [2.75, 3.05) is 19.8 Å². The topological polar surface area (TPSA) is 61.8 Å². The molecular formula is C61H106O5. The summed E-state index contributed by atoms with van der Waals surface area (Å²) in [5.41, 5.74) is 0. The summed E-state index contributed by atoms with van der Waals surface area (Å²) in [4.78, 5) is 25.5. The Balaban J connectivity index is 4.35. The molecule has 0 rings (SSSR count). The predicted octanol–water partition coefficient (Wildman–Crippen LogP) is 19.2. The Morgan fingerprint density at radius 2 is 0.682 bits per heavy atom. The lowest BCUT2D eigenvalue weighted by Crippen LogP contribution is -2.30. The van der Waals surface area contributed by atoms with Gasteiger partial charge in [-0.3, -0.25) is 9.59 Å². The SMILES string of the molecule is CC/C=C\C/C=C\C/C=C\C/C=C\C/C=C\CCCCCC(=O)OCC(COCCCCCCCC/C=C\C/C=C\CCCCC)OC(=O)CCCCCCCCCCCCCCCCC. The molecule has 0 aromatic carbocycles. The monoisotopic (exact) mass is 919 g/mol. The molecule has 0 saturated carbocycles. The van der Waals surface area contributed by atoms with E-state index in [0.29, 0.717) is 19.4 Å². The molecule has 0 aromatic heterocycles. The molecule has 5 nitrogen and oxygen atoms in total. The van der Waals surface area contributed by atoms with E-state index < -0.39 is 6.10 Å². The van der Waals surface area contributed by atoms with Crippen LogP contribution in [0.25, 0.3) is 0 Å². The molecule has 0 aliphatic rings. The first-order chi connectivity index (χ1) is 32.6. The number of carbonyl (C=O) groups excluding carboxylic acids is 2. The van der Waals surface area contributed by atoms with Crippen LogP contribution in [0.1, 0.15) is 265 Å². The standard InChI is InChI=1S/C61H106O5/c1-4-7-10-13-16-19-22-25-28-30-31-32-34-36-39-42-45-48-51-54-60(62)65-58-59(57-64-56-53-50-47-44-41-38-35-29-26-23-20-17-14-11-8-5-2)66-61(63)55-52-49-46-43-40-37-33-27-24-21-18-15-12-9-6-3/h7,10,16-17,19-20,25-26,28-29,31-32,36,39,59H,4-6,8-9,11-15,18,21-24,27,30,33-35,37-38,40-58H2,1-3H3/b10-7-,19-16-,20-17-,28-25-,29-26-,32-31-,39-36-. The maximum absolute atomic E-state index is 12.8. The molecule has 0 aliphatic heterocycles. The Labute approximate surface area is 409 Å². The molecule has 0 amide bonds. The third-order valence-electron chi connectivity index (χ3n) is 11.9. The van der Waals surface area contributed by atoms with Gasteiger partial charge >= 0.3 is 11.9 Å². The number of allylic oxidation sites excluding steroid dienone is 14. The zero-order valence-electron chi connectivity index (χ0n) is 43.7. The van der Waals surface area contributed by atoms with Gasteiger partial charge in [-0.2, -0.15) is 0 Å². The van der Waals surface area contributed by atoms with Gasteiger partial charge in [-0.1, -0.05) is 241 Å². The zero-order chi connectivity index (χ0) is 47.7. The number of unbranched alkanes of at least 4 members (excludes halogenated alkanes) is 26. The highest BCUT2D eigenvalue weighted by Gasteiger charge is 2.17. The fourth-order valence-corrected chi connectivity index (χ4v) is 7.74. The fourth-order valence-electron chi connectivity index (χ4n) is 7.74. The summed E-state index contributed by atoms with van der Waals surface area (Å²) in [6, 6.07) is 0. The van der Waals surface area contributed by atoms with Crippen LogP contribution in [0.5, 0.6) is 0 Å². The average molecular weight is 920 g/mol. The molecule has 1 unspecified atom stereocenters. The summed E-state index contributed by atoms with van der Waals surface area (Å²) < 4.78 is 17.4. The molecule has 0 aliphatic carbocycles. The van der Waals surface area contributed by atoms with Crippen LogP contribution in [0.2, 0.25) is 0 Å². The number of esters is 2. The first-order valence-corrected chi connectivity index (χ1v) is 28.1. The number of carbonyl (C=O) groups is 2. The Morgan fingerprint density at radius 3 is 1.14 bits per heavy atom. The zero-order valence-corrected chi connectivity index (χ0v) is 43.7. The quantitative estimate of drug-likeness (QED) is 0.0346. The van der Waals surface area contributed by atoms with Crippen molar-refractivity contribution in [1.29, 1.82) is 0 Å². The van der Waals surface area contributed by atoms with Gasteiger partial charge in [-0.05, 0) is 96.3 Å². The van der Waals surface area contributed by atoms with Gasteiger partial charge in [0.1, 0.15) is 6.61 Å². The molecule has 0 radical (unpaired) electrons. The summed E-state index contributed by atoms with van der Waals surface area (Å²) >= 11 is 0. The molecule has 0 aromatic rings. The van der Waals surface area contributed by atoms with Crippen molar-refractivity contribution < 1.29 is 23.8 Å². The highest BCUT2D eigenvalue weighted by Crippen LogP contribution is 2.15. The highest BCUT2D eigenvalue weighted by atomic mass is 16.6. The Morgan fingerprint density at radius 1 is 0.348 bits per heavy atom. The molecule has 0 saturated heterocycles. The van der Waals surface area contributed by atoms with Crippen LogP contribution in [0.4, 0.5) is 0 Å². The van der Waals surface area contributed by atoms with E-state index in [2.05, 4.69) is 106 Å². The van der Waals surface area contributed by atoms with Crippen molar-refractivity contribution in [1.82, 2.24) is 0 Å². The molecule has 0 fully saturated rings. The first-order valence-electron chi connectivity index (χ1n) is 28.1. The molecule has 0 spiro atoms. The molecule has 5 heteroatoms. The minimum Gasteiger partial charge on any atom is -0.462 e. The van der Waals surface area contributed by atoms with E-state index in [-0.39, 0.29) is 25.2 Å². The van der Waals surface area contributed by atoms with Gasteiger partial charge in [0.05, 0.1) is 6.61 Å². The second-order valence-electron chi connectivity index (χ2n) is 18.5. The average Bonchev–Trinajstić information content (AvgIpc) is 3.32. The van der Waals surface area contributed by atoms with Crippen molar-refractivity contribution in [3.8, 4) is 0 Å².